The third kappa shape index (κ3) is 4.79. The molecule has 1 aliphatic heterocycles. The molecule has 2 nitrogen and oxygen atoms in total. The van der Waals surface area contributed by atoms with Crippen molar-refractivity contribution < 1.29 is 17.9 Å². The molecule has 1 N–H and O–H groups in total. The van der Waals surface area contributed by atoms with Crippen LogP contribution >= 0.6 is 12.4 Å². The summed E-state index contributed by atoms with van der Waals surface area (Å²) in [6.07, 6.45) is -3.93. The molecule has 1 heterocycles. The summed E-state index contributed by atoms with van der Waals surface area (Å²) in [6.45, 7) is 1.09. The molecular weight excluding hydrogens is 195 g/mol. The SMILES string of the molecule is Cl.FC(F)(F)OC1CCCNC1. The van der Waals surface area contributed by atoms with Crippen LogP contribution in [-0.2, 0) is 4.74 Å². The highest BCUT2D eigenvalue weighted by Gasteiger charge is 2.33. The van der Waals surface area contributed by atoms with Crippen molar-refractivity contribution in [3.05, 3.63) is 0 Å². The highest BCUT2D eigenvalue weighted by Crippen LogP contribution is 2.21. The number of rotatable bonds is 1. The van der Waals surface area contributed by atoms with E-state index in [9.17, 15) is 13.2 Å². The van der Waals surface area contributed by atoms with Gasteiger partial charge in [0.2, 0.25) is 0 Å². The Hall–Kier alpha value is -0.0000000000000000416. The average molecular weight is 206 g/mol. The van der Waals surface area contributed by atoms with E-state index in [-0.39, 0.29) is 12.4 Å². The lowest BCUT2D eigenvalue weighted by Gasteiger charge is -2.23. The lowest BCUT2D eigenvalue weighted by Crippen LogP contribution is -2.38. The number of hydrogen-bond donors (Lipinski definition) is 1. The lowest BCUT2D eigenvalue weighted by molar-refractivity contribution is -0.343. The number of piperidine rings is 1. The smallest absolute Gasteiger partial charge is 0.314 e. The first-order valence-corrected chi connectivity index (χ1v) is 3.53. The molecular formula is C6H11ClF3NO. The van der Waals surface area contributed by atoms with Crippen LogP contribution in [0, 0.1) is 0 Å². The monoisotopic (exact) mass is 205 g/mol. The first kappa shape index (κ1) is 12.0. The van der Waals surface area contributed by atoms with Crippen LogP contribution in [0.2, 0.25) is 0 Å². The van der Waals surface area contributed by atoms with E-state index in [1.807, 2.05) is 0 Å². The van der Waals surface area contributed by atoms with Crippen molar-refractivity contribution >= 4 is 12.4 Å². The van der Waals surface area contributed by atoms with Crippen LogP contribution in [-0.4, -0.2) is 25.6 Å². The quantitative estimate of drug-likeness (QED) is 0.704. The number of halogens is 4. The van der Waals surface area contributed by atoms with Crippen molar-refractivity contribution in [1.29, 1.82) is 0 Å². The van der Waals surface area contributed by atoms with Gasteiger partial charge in [0.05, 0.1) is 6.10 Å². The Bertz CT molecular complexity index is 124. The number of nitrogens with one attached hydrogen (secondary N) is 1. The van der Waals surface area contributed by atoms with Crippen molar-refractivity contribution in [2.45, 2.75) is 25.3 Å². The molecule has 0 aromatic heterocycles. The minimum Gasteiger partial charge on any atom is -0.314 e. The Morgan fingerprint density at radius 2 is 2.00 bits per heavy atom. The van der Waals surface area contributed by atoms with Crippen LogP contribution in [0.25, 0.3) is 0 Å². The fraction of sp³-hybridized carbons (Fsp3) is 1.00. The van der Waals surface area contributed by atoms with Gasteiger partial charge in [0.15, 0.2) is 0 Å². The average Bonchev–Trinajstić information content (AvgIpc) is 1.85. The highest BCUT2D eigenvalue weighted by atomic mass is 35.5. The normalized spacial score (nSPS) is 24.8. The van der Waals surface area contributed by atoms with Gasteiger partial charge < -0.3 is 5.32 Å². The van der Waals surface area contributed by atoms with Crippen LogP contribution in [0.3, 0.4) is 0 Å². The molecule has 1 unspecified atom stereocenters. The summed E-state index contributed by atoms with van der Waals surface area (Å²) < 4.78 is 38.6. The summed E-state index contributed by atoms with van der Waals surface area (Å²) in [5.74, 6) is 0. The second-order valence-electron chi connectivity index (χ2n) is 2.53. The van der Waals surface area contributed by atoms with Gasteiger partial charge in [0, 0.05) is 6.54 Å². The van der Waals surface area contributed by atoms with Gasteiger partial charge in [-0.1, -0.05) is 0 Å². The topological polar surface area (TPSA) is 21.3 Å². The van der Waals surface area contributed by atoms with E-state index in [0.717, 1.165) is 13.0 Å². The van der Waals surface area contributed by atoms with E-state index in [1.165, 1.54) is 0 Å². The van der Waals surface area contributed by atoms with Crippen LogP contribution in [0.4, 0.5) is 13.2 Å². The van der Waals surface area contributed by atoms with Crippen molar-refractivity contribution in [2.24, 2.45) is 0 Å². The van der Waals surface area contributed by atoms with E-state index >= 15 is 0 Å². The Kier molecular flexibility index (Phi) is 4.89. The fourth-order valence-electron chi connectivity index (χ4n) is 1.11. The Morgan fingerprint density at radius 1 is 1.33 bits per heavy atom. The molecule has 1 atom stereocenters. The summed E-state index contributed by atoms with van der Waals surface area (Å²) in [7, 11) is 0. The van der Waals surface area contributed by atoms with Crippen LogP contribution in [0.15, 0.2) is 0 Å². The minimum atomic E-state index is -4.48. The molecule has 0 aromatic rings. The molecule has 1 fully saturated rings. The Labute approximate surface area is 74.9 Å². The summed E-state index contributed by atoms with van der Waals surface area (Å²) in [6, 6.07) is 0. The maximum absolute atomic E-state index is 11.6. The zero-order valence-electron chi connectivity index (χ0n) is 6.36. The van der Waals surface area contributed by atoms with Gasteiger partial charge in [-0.25, -0.2) is 0 Å². The molecule has 0 spiro atoms. The maximum Gasteiger partial charge on any atom is 0.522 e. The van der Waals surface area contributed by atoms with Gasteiger partial charge in [0.1, 0.15) is 0 Å². The van der Waals surface area contributed by atoms with Crippen molar-refractivity contribution in [1.82, 2.24) is 5.32 Å². The number of alkyl halides is 3. The molecule has 74 valence electrons. The molecule has 12 heavy (non-hydrogen) atoms. The Morgan fingerprint density at radius 3 is 2.42 bits per heavy atom. The molecule has 0 bridgehead atoms. The van der Waals surface area contributed by atoms with Gasteiger partial charge in [-0.3, -0.25) is 4.74 Å². The van der Waals surface area contributed by atoms with Crippen molar-refractivity contribution in [2.75, 3.05) is 13.1 Å². The minimum absolute atomic E-state index is 0. The van der Waals surface area contributed by atoms with E-state index in [1.54, 1.807) is 0 Å². The first-order chi connectivity index (χ1) is 5.08. The highest BCUT2D eigenvalue weighted by molar-refractivity contribution is 5.85. The first-order valence-electron chi connectivity index (χ1n) is 3.53. The predicted octanol–water partition coefficient (Wildman–Crippen LogP) is 1.70. The zero-order chi connectivity index (χ0) is 8.32. The van der Waals surface area contributed by atoms with E-state index in [4.69, 9.17) is 0 Å². The summed E-state index contributed by atoms with van der Waals surface area (Å²) in [4.78, 5) is 0. The van der Waals surface area contributed by atoms with Crippen molar-refractivity contribution in [3.8, 4) is 0 Å². The fourth-order valence-corrected chi connectivity index (χ4v) is 1.11. The molecule has 0 aliphatic carbocycles. The van der Waals surface area contributed by atoms with Gasteiger partial charge in [0.25, 0.3) is 0 Å². The maximum atomic E-state index is 11.6. The third-order valence-electron chi connectivity index (χ3n) is 1.55. The predicted molar refractivity (Wildman–Crippen MR) is 40.3 cm³/mol. The molecule has 1 saturated heterocycles. The van der Waals surface area contributed by atoms with Crippen LogP contribution < -0.4 is 5.32 Å². The van der Waals surface area contributed by atoms with E-state index in [2.05, 4.69) is 10.1 Å². The second-order valence-corrected chi connectivity index (χ2v) is 2.53. The largest absolute Gasteiger partial charge is 0.522 e. The zero-order valence-corrected chi connectivity index (χ0v) is 7.17. The van der Waals surface area contributed by atoms with Gasteiger partial charge >= 0.3 is 6.36 Å². The second kappa shape index (κ2) is 4.89. The molecule has 0 radical (unpaired) electrons. The molecule has 0 saturated carbocycles. The molecule has 0 aromatic carbocycles. The van der Waals surface area contributed by atoms with Crippen molar-refractivity contribution in [3.63, 3.8) is 0 Å². The Balaban J connectivity index is 0.00000121. The molecule has 1 aliphatic rings. The van der Waals surface area contributed by atoms with Gasteiger partial charge in [-0.05, 0) is 19.4 Å². The number of hydrogen-bond acceptors (Lipinski definition) is 2. The lowest BCUT2D eigenvalue weighted by atomic mass is 10.1. The summed E-state index contributed by atoms with van der Waals surface area (Å²) in [5, 5.41) is 2.83. The third-order valence-corrected chi connectivity index (χ3v) is 1.55. The summed E-state index contributed by atoms with van der Waals surface area (Å²) >= 11 is 0. The summed E-state index contributed by atoms with van der Waals surface area (Å²) in [5.41, 5.74) is 0. The standard InChI is InChI=1S/C6H10F3NO.ClH/c7-6(8,9)11-5-2-1-3-10-4-5;/h5,10H,1-4H2;1H. The van der Waals surface area contributed by atoms with E-state index < -0.39 is 12.5 Å². The van der Waals surface area contributed by atoms with E-state index in [0.29, 0.717) is 13.0 Å². The van der Waals surface area contributed by atoms with Gasteiger partial charge in [-0.2, -0.15) is 0 Å². The molecule has 1 rings (SSSR count). The van der Waals surface area contributed by atoms with Crippen LogP contribution in [0.5, 0.6) is 0 Å². The molecule has 0 amide bonds. The molecule has 6 heteroatoms. The van der Waals surface area contributed by atoms with Crippen LogP contribution in [0.1, 0.15) is 12.8 Å². The van der Waals surface area contributed by atoms with Gasteiger partial charge in [-0.15, -0.1) is 25.6 Å². The number of ether oxygens (including phenoxy) is 1.